The van der Waals surface area contributed by atoms with Gasteiger partial charge in [0.2, 0.25) is 11.8 Å². The van der Waals surface area contributed by atoms with E-state index in [1.807, 2.05) is 24.3 Å². The predicted molar refractivity (Wildman–Crippen MR) is 85.1 cm³/mol. The Hall–Kier alpha value is -1.86. The molecule has 7 heteroatoms. The van der Waals surface area contributed by atoms with E-state index in [2.05, 4.69) is 23.8 Å². The summed E-state index contributed by atoms with van der Waals surface area (Å²) in [6.45, 7) is 1.03. The summed E-state index contributed by atoms with van der Waals surface area (Å²) in [4.78, 5) is 23.1. The molecule has 0 aliphatic heterocycles. The smallest absolute Gasteiger partial charge is 0.246 e. The second-order valence-corrected chi connectivity index (χ2v) is 4.53. The summed E-state index contributed by atoms with van der Waals surface area (Å²) >= 11 is 0. The molecule has 1 rings (SSSR count). The molecule has 0 saturated carbocycles. The fourth-order valence-electron chi connectivity index (χ4n) is 1.60. The lowest BCUT2D eigenvalue weighted by atomic mass is 9.97. The lowest BCUT2D eigenvalue weighted by molar-refractivity contribution is -0.127. The summed E-state index contributed by atoms with van der Waals surface area (Å²) in [6, 6.07) is 7.62. The van der Waals surface area contributed by atoms with Crippen LogP contribution in [-0.2, 0) is 20.6 Å². The Labute approximate surface area is 126 Å². The van der Waals surface area contributed by atoms with Crippen LogP contribution in [0.5, 0.6) is 0 Å². The first-order chi connectivity index (χ1) is 10.2. The van der Waals surface area contributed by atoms with Crippen LogP contribution in [0.15, 0.2) is 24.3 Å². The molecule has 0 aliphatic rings. The molecule has 6 nitrogen and oxygen atoms in total. The van der Waals surface area contributed by atoms with Gasteiger partial charge >= 0.3 is 0 Å². The lowest BCUT2D eigenvalue weighted by Gasteiger charge is -2.08. The molecule has 2 amide bonds. The van der Waals surface area contributed by atoms with Gasteiger partial charge in [0.15, 0.2) is 0 Å². The second kappa shape index (κ2) is 9.96. The van der Waals surface area contributed by atoms with Gasteiger partial charge in [-0.3, -0.25) is 9.59 Å². The van der Waals surface area contributed by atoms with Crippen molar-refractivity contribution < 1.29 is 14.3 Å². The summed E-state index contributed by atoms with van der Waals surface area (Å²) in [7, 11) is 3.88. The normalized spacial score (nSPS) is 10.1. The van der Waals surface area contributed by atoms with Crippen molar-refractivity contribution in [2.45, 2.75) is 6.32 Å². The Morgan fingerprint density at radius 3 is 2.52 bits per heavy atom. The average Bonchev–Trinajstić information content (AvgIpc) is 2.50. The van der Waals surface area contributed by atoms with E-state index >= 15 is 0 Å². The van der Waals surface area contributed by atoms with Crippen LogP contribution in [0.1, 0.15) is 5.56 Å². The van der Waals surface area contributed by atoms with Gasteiger partial charge in [-0.25, -0.2) is 0 Å². The minimum atomic E-state index is -0.303. The molecule has 0 saturated heterocycles. The Kier molecular flexibility index (Phi) is 8.15. The summed E-state index contributed by atoms with van der Waals surface area (Å²) < 4.78 is 5.11. The summed E-state index contributed by atoms with van der Waals surface area (Å²) in [5, 5.41) is 8.13. The number of amides is 2. The van der Waals surface area contributed by atoms with Gasteiger partial charge in [0.1, 0.15) is 14.5 Å². The number of rotatable bonds is 9. The van der Waals surface area contributed by atoms with Crippen LogP contribution in [-0.4, -0.2) is 53.0 Å². The van der Waals surface area contributed by atoms with Crippen molar-refractivity contribution in [2.24, 2.45) is 0 Å². The molecule has 0 bridgehead atoms. The minimum Gasteiger partial charge on any atom is -0.370 e. The highest BCUT2D eigenvalue weighted by Gasteiger charge is 2.06. The monoisotopic (exact) mass is 291 g/mol. The van der Waals surface area contributed by atoms with E-state index in [9.17, 15) is 9.59 Å². The van der Waals surface area contributed by atoms with Gasteiger partial charge in [0, 0.05) is 12.2 Å². The third-order valence-corrected chi connectivity index (χ3v) is 2.82. The number of hydrogen-bond donors (Lipinski definition) is 3. The van der Waals surface area contributed by atoms with Gasteiger partial charge < -0.3 is 20.7 Å². The van der Waals surface area contributed by atoms with Crippen molar-refractivity contribution >= 4 is 25.3 Å². The van der Waals surface area contributed by atoms with Gasteiger partial charge in [0.05, 0.1) is 13.2 Å². The van der Waals surface area contributed by atoms with E-state index in [0.717, 1.165) is 12.0 Å². The molecule has 0 aromatic heterocycles. The number of carbonyl (C=O) groups excluding carboxylic acids is 2. The Morgan fingerprint density at radius 1 is 1.19 bits per heavy atom. The molecule has 0 spiro atoms. The molecule has 0 fully saturated rings. The van der Waals surface area contributed by atoms with Crippen LogP contribution < -0.4 is 16.0 Å². The first-order valence-electron chi connectivity index (χ1n) is 7.03. The van der Waals surface area contributed by atoms with Crippen LogP contribution in [0, 0.1) is 0 Å². The lowest BCUT2D eigenvalue weighted by Crippen LogP contribution is -2.35. The van der Waals surface area contributed by atoms with Crippen molar-refractivity contribution in [3.63, 3.8) is 0 Å². The van der Waals surface area contributed by atoms with Crippen molar-refractivity contribution in [1.29, 1.82) is 0 Å². The van der Waals surface area contributed by atoms with E-state index < -0.39 is 0 Å². The van der Waals surface area contributed by atoms with Crippen molar-refractivity contribution in [2.75, 3.05) is 38.7 Å². The first kappa shape index (κ1) is 17.2. The maximum absolute atomic E-state index is 11.7. The largest absolute Gasteiger partial charge is 0.370 e. The molecule has 21 heavy (non-hydrogen) atoms. The first-order valence-corrected chi connectivity index (χ1v) is 7.03. The van der Waals surface area contributed by atoms with Gasteiger partial charge in [-0.05, 0) is 19.2 Å². The van der Waals surface area contributed by atoms with Gasteiger partial charge in [-0.2, -0.15) is 0 Å². The van der Waals surface area contributed by atoms with Gasteiger partial charge in [-0.15, -0.1) is 0 Å². The third-order valence-electron chi connectivity index (χ3n) is 2.82. The SMILES string of the molecule is BCc1ccc(NC(=O)CNC(=O)COCCNC)cc1. The quantitative estimate of drug-likeness (QED) is 0.407. The van der Waals surface area contributed by atoms with Crippen molar-refractivity contribution in [3.05, 3.63) is 29.8 Å². The Bertz CT molecular complexity index is 451. The zero-order valence-electron chi connectivity index (χ0n) is 12.6. The summed E-state index contributed by atoms with van der Waals surface area (Å²) in [5.74, 6) is -0.564. The zero-order valence-corrected chi connectivity index (χ0v) is 12.6. The van der Waals surface area contributed by atoms with Crippen LogP contribution in [0.3, 0.4) is 0 Å². The predicted octanol–water partition coefficient (Wildman–Crippen LogP) is -0.890. The number of nitrogens with one attached hydrogen (secondary N) is 3. The third kappa shape index (κ3) is 7.48. The fourth-order valence-corrected chi connectivity index (χ4v) is 1.60. The highest BCUT2D eigenvalue weighted by molar-refractivity contribution is 6.08. The van der Waals surface area contributed by atoms with Crippen LogP contribution >= 0.6 is 0 Å². The highest BCUT2D eigenvalue weighted by atomic mass is 16.5. The van der Waals surface area contributed by atoms with E-state index in [1.54, 1.807) is 7.05 Å². The number of hydrogen-bond acceptors (Lipinski definition) is 4. The Morgan fingerprint density at radius 2 is 1.90 bits per heavy atom. The van der Waals surface area contributed by atoms with E-state index in [4.69, 9.17) is 4.74 Å². The highest BCUT2D eigenvalue weighted by Crippen LogP contribution is 2.08. The number of ether oxygens (including phenoxy) is 1. The number of carbonyl (C=O) groups is 2. The molecule has 0 heterocycles. The van der Waals surface area contributed by atoms with Crippen LogP contribution in [0.25, 0.3) is 0 Å². The van der Waals surface area contributed by atoms with E-state index in [-0.39, 0.29) is 25.0 Å². The summed E-state index contributed by atoms with van der Waals surface area (Å²) in [6.07, 6.45) is 0.956. The second-order valence-electron chi connectivity index (χ2n) is 4.53. The van der Waals surface area contributed by atoms with Gasteiger partial charge in [-0.1, -0.05) is 24.0 Å². The molecular formula is C14H22BN3O3. The molecule has 114 valence electrons. The van der Waals surface area contributed by atoms with Crippen LogP contribution in [0.4, 0.5) is 5.69 Å². The molecule has 0 unspecified atom stereocenters. The topological polar surface area (TPSA) is 79.5 Å². The number of benzene rings is 1. The Balaban J connectivity index is 2.22. The molecule has 1 aromatic carbocycles. The molecule has 1 aromatic rings. The molecule has 0 aliphatic carbocycles. The molecular weight excluding hydrogens is 269 g/mol. The fraction of sp³-hybridized carbons (Fsp3) is 0.429. The molecule has 0 radical (unpaired) electrons. The van der Waals surface area contributed by atoms with Crippen molar-refractivity contribution in [3.8, 4) is 0 Å². The zero-order chi connectivity index (χ0) is 15.5. The molecule has 0 atom stereocenters. The van der Waals surface area contributed by atoms with E-state index in [1.165, 1.54) is 5.56 Å². The maximum atomic E-state index is 11.7. The van der Waals surface area contributed by atoms with E-state index in [0.29, 0.717) is 13.2 Å². The summed E-state index contributed by atoms with van der Waals surface area (Å²) in [5.41, 5.74) is 1.93. The molecule has 3 N–H and O–H groups in total. The van der Waals surface area contributed by atoms with Crippen molar-refractivity contribution in [1.82, 2.24) is 10.6 Å². The standard InChI is InChI=1S/C14H22BN3O3/c1-16-6-7-21-10-14(20)17-9-13(19)18-12-4-2-11(8-15)3-5-12/h2-5,16H,6-10,15H2,1H3,(H,17,20)(H,18,19). The maximum Gasteiger partial charge on any atom is 0.246 e. The number of anilines is 1. The van der Waals surface area contributed by atoms with Crippen LogP contribution in [0.2, 0.25) is 0 Å². The van der Waals surface area contributed by atoms with Gasteiger partial charge in [0.25, 0.3) is 0 Å². The number of likely N-dealkylation sites (N-methyl/N-ethyl adjacent to an activating group) is 1. The average molecular weight is 291 g/mol. The minimum absolute atomic E-state index is 0.0415.